The first-order chi connectivity index (χ1) is 10.3. The predicted octanol–water partition coefficient (Wildman–Crippen LogP) is 0.321. The molecule has 0 bridgehead atoms. The number of nitrogens with one attached hydrogen (secondary N) is 1. The fraction of sp³-hybridized carbons (Fsp3) is 0.467. The lowest BCUT2D eigenvalue weighted by Gasteiger charge is -2.39. The number of anilines is 1. The van der Waals surface area contributed by atoms with Gasteiger partial charge in [-0.2, -0.15) is 0 Å². The van der Waals surface area contributed by atoms with Crippen LogP contribution in [0, 0.1) is 0 Å². The van der Waals surface area contributed by atoms with Crippen LogP contribution in [0.3, 0.4) is 0 Å². The van der Waals surface area contributed by atoms with E-state index in [1.54, 1.807) is 9.80 Å². The summed E-state index contributed by atoms with van der Waals surface area (Å²) in [5, 5.41) is 3.42. The summed E-state index contributed by atoms with van der Waals surface area (Å²) in [7, 11) is 0. The van der Waals surface area contributed by atoms with Gasteiger partial charge in [0.2, 0.25) is 11.8 Å². The molecule has 4 aliphatic heterocycles. The predicted molar refractivity (Wildman–Crippen MR) is 73.3 cm³/mol. The molecule has 1 aromatic rings. The summed E-state index contributed by atoms with van der Waals surface area (Å²) < 4.78 is 5.31. The molecule has 3 fully saturated rings. The Morgan fingerprint density at radius 2 is 2.00 bits per heavy atom. The van der Waals surface area contributed by atoms with Crippen LogP contribution in [0.1, 0.15) is 17.9 Å². The summed E-state index contributed by atoms with van der Waals surface area (Å²) in [6.07, 6.45) is 0.606. The van der Waals surface area contributed by atoms with Crippen molar-refractivity contribution in [1.29, 1.82) is 0 Å². The lowest BCUT2D eigenvalue weighted by Crippen LogP contribution is -2.63. The SMILES string of the molecule is O=C1C2CC3c4ccccc4NC3N2C(=O)C2COCN12. The van der Waals surface area contributed by atoms with E-state index in [4.69, 9.17) is 4.74 Å². The van der Waals surface area contributed by atoms with Gasteiger partial charge >= 0.3 is 0 Å². The zero-order valence-electron chi connectivity index (χ0n) is 11.4. The van der Waals surface area contributed by atoms with Gasteiger partial charge in [-0.15, -0.1) is 0 Å². The largest absolute Gasteiger partial charge is 0.364 e. The number of benzene rings is 1. The summed E-state index contributed by atoms with van der Waals surface area (Å²) in [5.74, 6) is 0.260. The van der Waals surface area contributed by atoms with Crippen LogP contribution in [-0.2, 0) is 14.3 Å². The van der Waals surface area contributed by atoms with Crippen LogP contribution in [-0.4, -0.2) is 53.2 Å². The smallest absolute Gasteiger partial charge is 0.250 e. The van der Waals surface area contributed by atoms with E-state index in [0.717, 1.165) is 5.69 Å². The van der Waals surface area contributed by atoms with Gasteiger partial charge in [-0.3, -0.25) is 9.59 Å². The zero-order valence-corrected chi connectivity index (χ0v) is 11.4. The van der Waals surface area contributed by atoms with E-state index < -0.39 is 6.04 Å². The second-order valence-corrected chi connectivity index (χ2v) is 6.10. The first-order valence-electron chi connectivity index (χ1n) is 7.31. The Labute approximate surface area is 121 Å². The van der Waals surface area contributed by atoms with E-state index in [9.17, 15) is 9.59 Å². The molecule has 0 aromatic heterocycles. The number of rotatable bonds is 0. The van der Waals surface area contributed by atoms with Gasteiger partial charge in [0, 0.05) is 11.6 Å². The maximum atomic E-state index is 12.7. The third-order valence-corrected chi connectivity index (χ3v) is 5.15. The molecule has 0 saturated carbocycles. The average Bonchev–Trinajstić information content (AvgIpc) is 3.17. The van der Waals surface area contributed by atoms with Crippen molar-refractivity contribution in [1.82, 2.24) is 9.80 Å². The van der Waals surface area contributed by atoms with Gasteiger partial charge in [0.1, 0.15) is 25.0 Å². The van der Waals surface area contributed by atoms with E-state index in [2.05, 4.69) is 11.4 Å². The number of ether oxygens (including phenoxy) is 1. The van der Waals surface area contributed by atoms with Gasteiger partial charge in [0.15, 0.2) is 0 Å². The van der Waals surface area contributed by atoms with Crippen LogP contribution in [0.5, 0.6) is 0 Å². The molecule has 3 saturated heterocycles. The van der Waals surface area contributed by atoms with Crippen molar-refractivity contribution in [2.24, 2.45) is 0 Å². The van der Waals surface area contributed by atoms with Crippen molar-refractivity contribution >= 4 is 17.5 Å². The standard InChI is InChI=1S/C15H15N3O3/c19-14-11-5-9-8-3-1-2-4-10(8)16-13(9)18(11)15(20)12-6-21-7-17(12)14/h1-4,9,11-13,16H,5-7H2. The van der Waals surface area contributed by atoms with Crippen LogP contribution < -0.4 is 5.32 Å². The van der Waals surface area contributed by atoms with E-state index in [1.165, 1.54) is 5.56 Å². The maximum Gasteiger partial charge on any atom is 0.250 e. The molecular formula is C15H15N3O3. The normalized spacial score (nSPS) is 36.2. The highest BCUT2D eigenvalue weighted by Crippen LogP contribution is 2.48. The van der Waals surface area contributed by atoms with E-state index in [1.807, 2.05) is 18.2 Å². The molecule has 4 aliphatic rings. The van der Waals surface area contributed by atoms with Crippen LogP contribution in [0.4, 0.5) is 5.69 Å². The molecule has 108 valence electrons. The monoisotopic (exact) mass is 285 g/mol. The molecule has 4 heterocycles. The van der Waals surface area contributed by atoms with Crippen molar-refractivity contribution in [3.63, 3.8) is 0 Å². The third-order valence-electron chi connectivity index (χ3n) is 5.15. The number of carbonyl (C=O) groups excluding carboxylic acids is 2. The Morgan fingerprint density at radius 3 is 2.90 bits per heavy atom. The number of piperazine rings is 1. The lowest BCUT2D eigenvalue weighted by molar-refractivity contribution is -0.158. The Kier molecular flexibility index (Phi) is 2.07. The molecule has 6 nitrogen and oxygen atoms in total. The molecule has 6 heteroatoms. The Bertz CT molecular complexity index is 661. The molecule has 21 heavy (non-hydrogen) atoms. The van der Waals surface area contributed by atoms with Crippen molar-refractivity contribution in [2.45, 2.75) is 30.6 Å². The Morgan fingerprint density at radius 1 is 1.14 bits per heavy atom. The minimum atomic E-state index is -0.432. The lowest BCUT2D eigenvalue weighted by atomic mass is 9.96. The van der Waals surface area contributed by atoms with Gasteiger partial charge in [0.05, 0.1) is 6.61 Å². The molecular weight excluding hydrogens is 270 g/mol. The van der Waals surface area contributed by atoms with Gasteiger partial charge in [-0.25, -0.2) is 0 Å². The molecule has 4 unspecified atom stereocenters. The van der Waals surface area contributed by atoms with Gasteiger partial charge < -0.3 is 19.9 Å². The maximum absolute atomic E-state index is 12.7. The van der Waals surface area contributed by atoms with E-state index in [-0.39, 0.29) is 36.7 Å². The molecule has 0 aliphatic carbocycles. The summed E-state index contributed by atoms with van der Waals surface area (Å²) in [6.45, 7) is 0.567. The fourth-order valence-electron chi connectivity index (χ4n) is 4.19. The molecule has 2 amide bonds. The molecule has 5 rings (SSSR count). The van der Waals surface area contributed by atoms with Crippen LogP contribution in [0.2, 0.25) is 0 Å². The molecule has 0 spiro atoms. The fourth-order valence-corrected chi connectivity index (χ4v) is 4.19. The van der Waals surface area contributed by atoms with Crippen molar-refractivity contribution < 1.29 is 14.3 Å². The highest BCUT2D eigenvalue weighted by molar-refractivity contribution is 5.98. The summed E-state index contributed by atoms with van der Waals surface area (Å²) in [4.78, 5) is 28.7. The van der Waals surface area contributed by atoms with Crippen molar-refractivity contribution in [3.8, 4) is 0 Å². The number of amides is 2. The summed E-state index contributed by atoms with van der Waals surface area (Å²) >= 11 is 0. The Hall–Kier alpha value is -2.08. The number of hydrogen-bond donors (Lipinski definition) is 1. The van der Waals surface area contributed by atoms with Gasteiger partial charge in [0.25, 0.3) is 0 Å². The van der Waals surface area contributed by atoms with Gasteiger partial charge in [-0.05, 0) is 18.1 Å². The van der Waals surface area contributed by atoms with Crippen LogP contribution >= 0.6 is 0 Å². The molecule has 4 atom stereocenters. The number of fused-ring (bicyclic) bond motifs is 6. The van der Waals surface area contributed by atoms with E-state index >= 15 is 0 Å². The summed E-state index contributed by atoms with van der Waals surface area (Å²) in [6, 6.07) is 7.34. The number of nitrogens with zero attached hydrogens (tertiary/aromatic N) is 2. The number of hydrogen-bond acceptors (Lipinski definition) is 4. The number of para-hydroxylation sites is 1. The second kappa shape index (κ2) is 3.76. The minimum Gasteiger partial charge on any atom is -0.364 e. The molecule has 1 N–H and O–H groups in total. The highest BCUT2D eigenvalue weighted by Gasteiger charge is 2.58. The second-order valence-electron chi connectivity index (χ2n) is 6.10. The third kappa shape index (κ3) is 1.31. The quantitative estimate of drug-likeness (QED) is 0.746. The first kappa shape index (κ1) is 11.6. The summed E-state index contributed by atoms with van der Waals surface area (Å²) in [5.41, 5.74) is 2.30. The zero-order chi connectivity index (χ0) is 14.1. The molecule has 0 radical (unpaired) electrons. The average molecular weight is 285 g/mol. The van der Waals surface area contributed by atoms with Crippen molar-refractivity contribution in [3.05, 3.63) is 29.8 Å². The number of carbonyl (C=O) groups is 2. The topological polar surface area (TPSA) is 61.9 Å². The van der Waals surface area contributed by atoms with Crippen LogP contribution in [0.15, 0.2) is 24.3 Å². The first-order valence-corrected chi connectivity index (χ1v) is 7.31. The minimum absolute atomic E-state index is 0.0184. The van der Waals surface area contributed by atoms with Gasteiger partial charge in [-0.1, -0.05) is 18.2 Å². The highest BCUT2D eigenvalue weighted by atomic mass is 16.5. The molecule has 1 aromatic carbocycles. The van der Waals surface area contributed by atoms with E-state index in [0.29, 0.717) is 13.0 Å². The Balaban J connectivity index is 1.57. The van der Waals surface area contributed by atoms with Crippen LogP contribution in [0.25, 0.3) is 0 Å². The van der Waals surface area contributed by atoms with Crippen molar-refractivity contribution in [2.75, 3.05) is 18.7 Å².